The normalized spacial score (nSPS) is 21.3. The van der Waals surface area contributed by atoms with Gasteiger partial charge in [0.1, 0.15) is 0 Å². The van der Waals surface area contributed by atoms with Crippen LogP contribution in [-0.4, -0.2) is 40.2 Å². The third kappa shape index (κ3) is 2.76. The van der Waals surface area contributed by atoms with Crippen molar-refractivity contribution >= 4 is 33.9 Å². The second kappa shape index (κ2) is 4.75. The van der Waals surface area contributed by atoms with Gasteiger partial charge < -0.3 is 0 Å². The molecule has 20 heavy (non-hydrogen) atoms. The van der Waals surface area contributed by atoms with Crippen LogP contribution >= 0.6 is 0 Å². The maximum atomic E-state index is 12.9. The summed E-state index contributed by atoms with van der Waals surface area (Å²) in [6.07, 6.45) is -3.10. The van der Waals surface area contributed by atoms with Crippen LogP contribution in [0.4, 0.5) is 13.2 Å². The number of alkyl halides is 3. The van der Waals surface area contributed by atoms with E-state index in [2.05, 4.69) is 4.98 Å². The van der Waals surface area contributed by atoms with E-state index >= 15 is 0 Å². The van der Waals surface area contributed by atoms with Gasteiger partial charge >= 0.3 is 124 Å². The first-order valence-corrected chi connectivity index (χ1v) is 7.00. The van der Waals surface area contributed by atoms with Gasteiger partial charge in [-0.3, -0.25) is 0 Å². The Morgan fingerprint density at radius 1 is 1.15 bits per heavy atom. The van der Waals surface area contributed by atoms with Gasteiger partial charge in [0.05, 0.1) is 0 Å². The number of halogens is 3. The predicted octanol–water partition coefficient (Wildman–Crippen LogP) is 1.19. The fourth-order valence-electron chi connectivity index (χ4n) is 1.79. The molecule has 3 nitrogen and oxygen atoms in total. The fourth-order valence-corrected chi connectivity index (χ4v) is 2.31. The van der Waals surface area contributed by atoms with Crippen molar-refractivity contribution in [1.29, 1.82) is 0 Å². The van der Waals surface area contributed by atoms with Crippen LogP contribution in [0.2, 0.25) is 0 Å². The van der Waals surface area contributed by atoms with Crippen molar-refractivity contribution in [3.8, 4) is 0 Å². The van der Waals surface area contributed by atoms with Crippen molar-refractivity contribution in [2.45, 2.75) is 45.1 Å². The molecule has 0 spiro atoms. The summed E-state index contributed by atoms with van der Waals surface area (Å²) in [5.41, 5.74) is -1.72. The molecular weight excluding hydrogens is 333 g/mol. The first-order valence-electron chi connectivity index (χ1n) is 6.06. The molecule has 1 aliphatic rings. The standard InChI is InChI=1S/C12H14AsBF3NO2/c1-10(2)11(3,4)20-14(19-10)7-5-8(12(15,16)17)9(13)18-6-7/h5-6H,1-4H3. The van der Waals surface area contributed by atoms with Gasteiger partial charge in [0, 0.05) is 0 Å². The van der Waals surface area contributed by atoms with Crippen molar-refractivity contribution in [3.05, 3.63) is 17.8 Å². The molecule has 0 amide bonds. The van der Waals surface area contributed by atoms with E-state index in [1.807, 2.05) is 44.5 Å². The molecule has 0 unspecified atom stereocenters. The molecule has 0 aromatic carbocycles. The summed E-state index contributed by atoms with van der Waals surface area (Å²) >= 11 is 1.82. The summed E-state index contributed by atoms with van der Waals surface area (Å²) in [5, 5.41) is 0. The minimum atomic E-state index is -4.45. The monoisotopic (exact) mass is 347 g/mol. The van der Waals surface area contributed by atoms with E-state index in [0.29, 0.717) is 0 Å². The van der Waals surface area contributed by atoms with Crippen molar-refractivity contribution in [2.24, 2.45) is 0 Å². The molecule has 2 radical (unpaired) electrons. The SMILES string of the molecule is CC1(C)OB(c2cnc([As])c(C(F)(F)F)c2)OC1(C)C. The van der Waals surface area contributed by atoms with Crippen LogP contribution < -0.4 is 9.94 Å². The minimum absolute atomic E-state index is 0.120. The van der Waals surface area contributed by atoms with E-state index in [1.165, 1.54) is 6.20 Å². The van der Waals surface area contributed by atoms with Crippen LogP contribution in [0.5, 0.6) is 0 Å². The van der Waals surface area contributed by atoms with E-state index in [9.17, 15) is 13.2 Å². The molecule has 108 valence electrons. The van der Waals surface area contributed by atoms with E-state index < -0.39 is 30.1 Å². The van der Waals surface area contributed by atoms with Crippen LogP contribution in [0.15, 0.2) is 12.3 Å². The topological polar surface area (TPSA) is 31.4 Å². The second-order valence-corrected chi connectivity index (χ2v) is 6.61. The first-order chi connectivity index (χ1) is 8.94. The van der Waals surface area contributed by atoms with Gasteiger partial charge in [0.2, 0.25) is 0 Å². The maximum absolute atomic E-state index is 12.9. The van der Waals surface area contributed by atoms with Crippen molar-refractivity contribution in [1.82, 2.24) is 4.98 Å². The average molecular weight is 347 g/mol. The Bertz CT molecular complexity index is 518. The number of pyridine rings is 1. The zero-order valence-electron chi connectivity index (χ0n) is 11.6. The molecule has 8 heteroatoms. The number of aromatic nitrogens is 1. The number of rotatable bonds is 1. The molecule has 0 saturated carbocycles. The zero-order valence-corrected chi connectivity index (χ0v) is 13.5. The molecule has 0 N–H and O–H groups in total. The Morgan fingerprint density at radius 2 is 1.65 bits per heavy atom. The number of hydrogen-bond acceptors (Lipinski definition) is 3. The van der Waals surface area contributed by atoms with E-state index in [-0.39, 0.29) is 9.94 Å². The van der Waals surface area contributed by atoms with Crippen LogP contribution in [0, 0.1) is 0 Å². The molecule has 1 aliphatic heterocycles. The molecule has 0 bridgehead atoms. The van der Waals surface area contributed by atoms with Crippen LogP contribution in [0.1, 0.15) is 33.3 Å². The second-order valence-electron chi connectivity index (χ2n) is 5.73. The Labute approximate surface area is 124 Å². The summed E-state index contributed by atoms with van der Waals surface area (Å²) in [6.45, 7) is 7.37. The van der Waals surface area contributed by atoms with Crippen molar-refractivity contribution in [2.75, 3.05) is 0 Å². The summed E-state index contributed by atoms with van der Waals surface area (Å²) in [5.74, 6) is 0. The van der Waals surface area contributed by atoms with E-state index in [1.54, 1.807) is 0 Å². The molecule has 1 saturated heterocycles. The first kappa shape index (κ1) is 15.9. The summed E-state index contributed by atoms with van der Waals surface area (Å²) in [7, 11) is -0.846. The average Bonchev–Trinajstić information content (AvgIpc) is 2.47. The third-order valence-corrected chi connectivity index (χ3v) is 4.47. The van der Waals surface area contributed by atoms with Crippen molar-refractivity contribution in [3.63, 3.8) is 0 Å². The molecule has 0 aliphatic carbocycles. The molecule has 2 heterocycles. The predicted molar refractivity (Wildman–Crippen MR) is 70.3 cm³/mol. The molecule has 1 fully saturated rings. The fraction of sp³-hybridized carbons (Fsp3) is 0.583. The molecule has 1 aromatic heterocycles. The van der Waals surface area contributed by atoms with Gasteiger partial charge in [0.25, 0.3) is 0 Å². The number of nitrogens with zero attached hydrogens (tertiary/aromatic N) is 1. The Balaban J connectivity index is 2.37. The van der Waals surface area contributed by atoms with Gasteiger partial charge in [-0.05, 0) is 0 Å². The van der Waals surface area contributed by atoms with Gasteiger partial charge in [-0.25, -0.2) is 0 Å². The van der Waals surface area contributed by atoms with Gasteiger partial charge in [-0.1, -0.05) is 0 Å². The number of hydrogen-bond donors (Lipinski definition) is 0. The van der Waals surface area contributed by atoms with Gasteiger partial charge in [-0.2, -0.15) is 0 Å². The zero-order chi connectivity index (χ0) is 15.3. The molecular formula is C12H14AsBF3NO2. The van der Waals surface area contributed by atoms with Crippen molar-refractivity contribution < 1.29 is 22.5 Å². The molecule has 2 rings (SSSR count). The van der Waals surface area contributed by atoms with E-state index in [4.69, 9.17) is 9.31 Å². The Hall–Kier alpha value is -0.517. The molecule has 1 aromatic rings. The quantitative estimate of drug-likeness (QED) is 0.716. The Morgan fingerprint density at radius 3 is 2.10 bits per heavy atom. The van der Waals surface area contributed by atoms with Gasteiger partial charge in [-0.15, -0.1) is 0 Å². The van der Waals surface area contributed by atoms with Crippen LogP contribution in [0.25, 0.3) is 0 Å². The third-order valence-electron chi connectivity index (χ3n) is 3.72. The van der Waals surface area contributed by atoms with Gasteiger partial charge in [0.15, 0.2) is 0 Å². The summed E-state index contributed by atoms with van der Waals surface area (Å²) in [4.78, 5) is 3.78. The van der Waals surface area contributed by atoms with Crippen LogP contribution in [-0.2, 0) is 15.5 Å². The van der Waals surface area contributed by atoms with Crippen LogP contribution in [0.3, 0.4) is 0 Å². The Kier molecular flexibility index (Phi) is 3.77. The molecule has 0 atom stereocenters. The van der Waals surface area contributed by atoms with E-state index in [0.717, 1.165) is 6.07 Å². The summed E-state index contributed by atoms with van der Waals surface area (Å²) < 4.78 is 50.0. The summed E-state index contributed by atoms with van der Waals surface area (Å²) in [6, 6.07) is 1.03.